The molecule has 0 saturated carbocycles. The van der Waals surface area contributed by atoms with Crippen molar-refractivity contribution in [1.29, 1.82) is 0 Å². The SMILES string of the molecule is C[Si@@H](c1ccccc1)c1cccc2ccccc12. The number of rotatable bonds is 2. The molecule has 0 fully saturated rings. The van der Waals surface area contributed by atoms with E-state index in [0.717, 1.165) is 0 Å². The zero-order chi connectivity index (χ0) is 12.4. The molecule has 0 heterocycles. The average molecular weight is 248 g/mol. The largest absolute Gasteiger partial charge is 0.100 e. The minimum atomic E-state index is -1.07. The van der Waals surface area contributed by atoms with E-state index in [4.69, 9.17) is 0 Å². The van der Waals surface area contributed by atoms with Gasteiger partial charge in [0.2, 0.25) is 0 Å². The highest BCUT2D eigenvalue weighted by Gasteiger charge is 2.12. The van der Waals surface area contributed by atoms with Gasteiger partial charge in [-0.1, -0.05) is 89.7 Å². The quantitative estimate of drug-likeness (QED) is 0.612. The third-order valence-corrected chi connectivity index (χ3v) is 6.41. The molecular weight excluding hydrogens is 232 g/mol. The number of benzene rings is 3. The van der Waals surface area contributed by atoms with Crippen LogP contribution in [0.2, 0.25) is 6.55 Å². The molecule has 0 bridgehead atoms. The van der Waals surface area contributed by atoms with Crippen molar-refractivity contribution in [2.75, 3.05) is 0 Å². The number of hydrogen-bond acceptors (Lipinski definition) is 0. The van der Waals surface area contributed by atoms with Crippen LogP contribution < -0.4 is 10.4 Å². The standard InChI is InChI=1S/C17H16Si/c1-18(15-10-3-2-4-11-15)17-13-7-9-14-8-5-6-12-16(14)17/h2-13,18H,1H3/t18-/m0/s1. The highest BCUT2D eigenvalue weighted by atomic mass is 28.3. The van der Waals surface area contributed by atoms with Crippen LogP contribution in [0, 0.1) is 0 Å². The van der Waals surface area contributed by atoms with Gasteiger partial charge >= 0.3 is 0 Å². The van der Waals surface area contributed by atoms with Crippen LogP contribution in [0.1, 0.15) is 0 Å². The van der Waals surface area contributed by atoms with Gasteiger partial charge < -0.3 is 0 Å². The van der Waals surface area contributed by atoms with Gasteiger partial charge in [-0.15, -0.1) is 0 Å². The van der Waals surface area contributed by atoms with E-state index in [2.05, 4.69) is 79.3 Å². The van der Waals surface area contributed by atoms with Crippen LogP contribution in [0.25, 0.3) is 10.8 Å². The molecule has 0 aromatic heterocycles. The molecule has 0 aliphatic heterocycles. The average Bonchev–Trinajstić information content (AvgIpc) is 2.47. The van der Waals surface area contributed by atoms with E-state index in [1.54, 1.807) is 5.19 Å². The smallest absolute Gasteiger partial charge is 0.0641 e. The Labute approximate surface area is 110 Å². The van der Waals surface area contributed by atoms with Crippen LogP contribution in [0.15, 0.2) is 72.8 Å². The third-order valence-electron chi connectivity index (χ3n) is 3.59. The first-order valence-corrected chi connectivity index (χ1v) is 8.70. The summed E-state index contributed by atoms with van der Waals surface area (Å²) in [6, 6.07) is 26.3. The second-order valence-corrected chi connectivity index (χ2v) is 7.43. The highest BCUT2D eigenvalue weighted by Crippen LogP contribution is 2.11. The first kappa shape index (κ1) is 11.2. The predicted octanol–water partition coefficient (Wildman–Crippen LogP) is 2.81. The first-order chi connectivity index (χ1) is 8.86. The summed E-state index contributed by atoms with van der Waals surface area (Å²) in [6.07, 6.45) is 0. The summed E-state index contributed by atoms with van der Waals surface area (Å²) >= 11 is 0. The van der Waals surface area contributed by atoms with E-state index >= 15 is 0 Å². The molecule has 0 amide bonds. The Balaban J connectivity index is 2.15. The van der Waals surface area contributed by atoms with Gasteiger partial charge in [0.1, 0.15) is 8.80 Å². The molecule has 0 N–H and O–H groups in total. The van der Waals surface area contributed by atoms with Crippen LogP contribution in [0.4, 0.5) is 0 Å². The van der Waals surface area contributed by atoms with Gasteiger partial charge in [-0.05, 0) is 10.8 Å². The Morgan fingerprint density at radius 1 is 0.667 bits per heavy atom. The maximum Gasteiger partial charge on any atom is 0.100 e. The summed E-state index contributed by atoms with van der Waals surface area (Å²) in [6.45, 7) is 2.41. The van der Waals surface area contributed by atoms with Gasteiger partial charge in [0, 0.05) is 0 Å². The maximum atomic E-state index is 2.41. The lowest BCUT2D eigenvalue weighted by molar-refractivity contribution is 1.74. The normalized spacial score (nSPS) is 12.5. The molecule has 0 nitrogen and oxygen atoms in total. The number of fused-ring (bicyclic) bond motifs is 1. The van der Waals surface area contributed by atoms with E-state index in [0.29, 0.717) is 0 Å². The van der Waals surface area contributed by atoms with Crippen molar-refractivity contribution >= 4 is 29.9 Å². The van der Waals surface area contributed by atoms with Crippen LogP contribution in [0.5, 0.6) is 0 Å². The van der Waals surface area contributed by atoms with Crippen LogP contribution in [-0.2, 0) is 0 Å². The Bertz CT molecular complexity index is 653. The van der Waals surface area contributed by atoms with Gasteiger partial charge in [-0.3, -0.25) is 0 Å². The van der Waals surface area contributed by atoms with E-state index in [1.165, 1.54) is 16.0 Å². The topological polar surface area (TPSA) is 0 Å². The molecule has 0 aliphatic rings. The molecule has 3 aromatic rings. The number of hydrogen-bond donors (Lipinski definition) is 0. The molecule has 0 radical (unpaired) electrons. The van der Waals surface area contributed by atoms with Crippen molar-refractivity contribution in [3.63, 3.8) is 0 Å². The van der Waals surface area contributed by atoms with Gasteiger partial charge in [0.25, 0.3) is 0 Å². The Morgan fingerprint density at radius 2 is 1.33 bits per heavy atom. The van der Waals surface area contributed by atoms with E-state index < -0.39 is 8.80 Å². The fourth-order valence-electron chi connectivity index (χ4n) is 2.55. The predicted molar refractivity (Wildman–Crippen MR) is 82.7 cm³/mol. The summed E-state index contributed by atoms with van der Waals surface area (Å²) in [4.78, 5) is 0. The lowest BCUT2D eigenvalue weighted by atomic mass is 10.1. The minimum absolute atomic E-state index is 1.07. The first-order valence-electron chi connectivity index (χ1n) is 6.39. The van der Waals surface area contributed by atoms with E-state index in [1.807, 2.05) is 0 Å². The minimum Gasteiger partial charge on any atom is -0.0641 e. The molecule has 3 rings (SSSR count). The molecule has 88 valence electrons. The van der Waals surface area contributed by atoms with Crippen molar-refractivity contribution in [3.8, 4) is 0 Å². The molecular formula is C17H16Si. The lowest BCUT2D eigenvalue weighted by Gasteiger charge is -2.13. The summed E-state index contributed by atoms with van der Waals surface area (Å²) in [5.74, 6) is 0. The summed E-state index contributed by atoms with van der Waals surface area (Å²) in [5, 5.41) is 5.82. The molecule has 18 heavy (non-hydrogen) atoms. The molecule has 0 saturated heterocycles. The molecule has 1 atom stereocenters. The zero-order valence-corrected chi connectivity index (χ0v) is 11.7. The summed E-state index contributed by atoms with van der Waals surface area (Å²) in [7, 11) is -1.07. The molecule has 0 spiro atoms. The van der Waals surface area contributed by atoms with Gasteiger partial charge in [-0.25, -0.2) is 0 Å². The van der Waals surface area contributed by atoms with E-state index in [-0.39, 0.29) is 0 Å². The van der Waals surface area contributed by atoms with Gasteiger partial charge in [0.05, 0.1) is 0 Å². The fourth-order valence-corrected chi connectivity index (χ4v) is 4.84. The van der Waals surface area contributed by atoms with E-state index in [9.17, 15) is 0 Å². The summed E-state index contributed by atoms with van der Waals surface area (Å²) < 4.78 is 0. The Kier molecular flexibility index (Phi) is 2.99. The second kappa shape index (κ2) is 4.79. The van der Waals surface area contributed by atoms with Crippen LogP contribution in [0.3, 0.4) is 0 Å². The molecule has 1 heteroatoms. The zero-order valence-electron chi connectivity index (χ0n) is 10.5. The van der Waals surface area contributed by atoms with Crippen molar-refractivity contribution < 1.29 is 0 Å². The highest BCUT2D eigenvalue weighted by molar-refractivity contribution is 6.85. The Morgan fingerprint density at radius 3 is 2.17 bits per heavy atom. The maximum absolute atomic E-state index is 2.41. The van der Waals surface area contributed by atoms with Crippen LogP contribution in [-0.4, -0.2) is 8.80 Å². The second-order valence-electron chi connectivity index (χ2n) is 4.70. The molecule has 3 aromatic carbocycles. The fraction of sp³-hybridized carbons (Fsp3) is 0.0588. The van der Waals surface area contributed by atoms with Crippen molar-refractivity contribution in [2.24, 2.45) is 0 Å². The van der Waals surface area contributed by atoms with Crippen LogP contribution >= 0.6 is 0 Å². The molecule has 0 aliphatic carbocycles. The molecule has 0 unspecified atom stereocenters. The van der Waals surface area contributed by atoms with Gasteiger partial charge in [0.15, 0.2) is 0 Å². The van der Waals surface area contributed by atoms with Gasteiger partial charge in [-0.2, -0.15) is 0 Å². The Hall–Kier alpha value is -1.86. The summed E-state index contributed by atoms with van der Waals surface area (Å²) in [5.41, 5.74) is 0. The third kappa shape index (κ3) is 1.98. The van der Waals surface area contributed by atoms with Crippen molar-refractivity contribution in [2.45, 2.75) is 6.55 Å². The monoisotopic (exact) mass is 248 g/mol. The van der Waals surface area contributed by atoms with Crippen molar-refractivity contribution in [1.82, 2.24) is 0 Å². The lowest BCUT2D eigenvalue weighted by Crippen LogP contribution is -2.39. The van der Waals surface area contributed by atoms with Crippen molar-refractivity contribution in [3.05, 3.63) is 72.8 Å².